The summed E-state index contributed by atoms with van der Waals surface area (Å²) in [5.41, 5.74) is 6.42. The van der Waals surface area contributed by atoms with Gasteiger partial charge in [0, 0.05) is 24.7 Å². The van der Waals surface area contributed by atoms with E-state index in [0.717, 1.165) is 5.56 Å². The molecule has 0 bridgehead atoms. The second-order valence-electron chi connectivity index (χ2n) is 8.08. The van der Waals surface area contributed by atoms with Crippen molar-refractivity contribution in [2.24, 2.45) is 11.7 Å². The van der Waals surface area contributed by atoms with Crippen LogP contribution in [0.25, 0.3) is 0 Å². The van der Waals surface area contributed by atoms with E-state index in [1.807, 2.05) is 20.8 Å². The third kappa shape index (κ3) is 6.53. The van der Waals surface area contributed by atoms with Crippen LogP contribution in [0.2, 0.25) is 0 Å². The van der Waals surface area contributed by atoms with Crippen LogP contribution in [0.15, 0.2) is 24.3 Å². The summed E-state index contributed by atoms with van der Waals surface area (Å²) in [5.74, 6) is -1.30. The molecular formula is C20H29N3O5. The Morgan fingerprint density at radius 1 is 1.21 bits per heavy atom. The van der Waals surface area contributed by atoms with Gasteiger partial charge in [-0.1, -0.05) is 12.1 Å². The molecular weight excluding hydrogens is 362 g/mol. The molecule has 1 aliphatic heterocycles. The van der Waals surface area contributed by atoms with Gasteiger partial charge >= 0.3 is 12.1 Å². The van der Waals surface area contributed by atoms with Gasteiger partial charge in [0.2, 0.25) is 5.91 Å². The summed E-state index contributed by atoms with van der Waals surface area (Å²) in [6, 6.07) is 6.03. The van der Waals surface area contributed by atoms with Crippen molar-refractivity contribution in [3.8, 4) is 0 Å². The molecule has 0 radical (unpaired) electrons. The fourth-order valence-corrected chi connectivity index (χ4v) is 2.96. The maximum atomic E-state index is 12.5. The first-order valence-electron chi connectivity index (χ1n) is 9.41. The Morgan fingerprint density at radius 3 is 2.29 bits per heavy atom. The number of hydrogen-bond donors (Lipinski definition) is 3. The largest absolute Gasteiger partial charge is 0.480 e. The number of carboxylic acid groups (broad SMARTS) is 1. The van der Waals surface area contributed by atoms with Gasteiger partial charge in [0.25, 0.3) is 0 Å². The van der Waals surface area contributed by atoms with Crippen LogP contribution in [0.5, 0.6) is 0 Å². The van der Waals surface area contributed by atoms with E-state index in [2.05, 4.69) is 5.32 Å². The molecule has 1 saturated heterocycles. The minimum atomic E-state index is -1.05. The van der Waals surface area contributed by atoms with Crippen molar-refractivity contribution in [1.29, 1.82) is 0 Å². The van der Waals surface area contributed by atoms with E-state index in [-0.39, 0.29) is 24.3 Å². The first-order chi connectivity index (χ1) is 13.0. The van der Waals surface area contributed by atoms with Crippen molar-refractivity contribution in [2.75, 3.05) is 18.4 Å². The molecule has 1 aromatic rings. The lowest BCUT2D eigenvalue weighted by Crippen LogP contribution is -2.43. The minimum absolute atomic E-state index is 0.0844. The van der Waals surface area contributed by atoms with Crippen LogP contribution in [0.1, 0.15) is 39.2 Å². The van der Waals surface area contributed by atoms with Crippen molar-refractivity contribution in [3.63, 3.8) is 0 Å². The smallest absolute Gasteiger partial charge is 0.410 e. The summed E-state index contributed by atoms with van der Waals surface area (Å²) in [6.07, 6.45) is 1.04. The zero-order chi connectivity index (χ0) is 20.9. The zero-order valence-electron chi connectivity index (χ0n) is 16.6. The average molecular weight is 391 g/mol. The molecule has 0 aromatic heterocycles. The Bertz CT molecular complexity index is 704. The fraction of sp³-hybridized carbons (Fsp3) is 0.550. The van der Waals surface area contributed by atoms with Crippen LogP contribution in [0, 0.1) is 5.92 Å². The number of rotatable bonds is 5. The molecule has 1 heterocycles. The molecule has 8 nitrogen and oxygen atoms in total. The summed E-state index contributed by atoms with van der Waals surface area (Å²) in [7, 11) is 0. The number of hydrogen-bond acceptors (Lipinski definition) is 5. The Hall–Kier alpha value is -2.61. The number of carbonyl (C=O) groups excluding carboxylic acids is 2. The van der Waals surface area contributed by atoms with Crippen LogP contribution >= 0.6 is 0 Å². The normalized spacial score (nSPS) is 16.4. The van der Waals surface area contributed by atoms with Gasteiger partial charge in [0.1, 0.15) is 11.6 Å². The lowest BCUT2D eigenvalue weighted by Gasteiger charge is -2.32. The summed E-state index contributed by atoms with van der Waals surface area (Å²) < 4.78 is 5.36. The first kappa shape index (κ1) is 21.7. The van der Waals surface area contributed by atoms with Crippen LogP contribution in [-0.2, 0) is 20.7 Å². The minimum Gasteiger partial charge on any atom is -0.480 e. The van der Waals surface area contributed by atoms with Gasteiger partial charge in [0.15, 0.2) is 0 Å². The molecule has 154 valence electrons. The van der Waals surface area contributed by atoms with Crippen molar-refractivity contribution >= 4 is 23.7 Å². The highest BCUT2D eigenvalue weighted by atomic mass is 16.6. The lowest BCUT2D eigenvalue weighted by molar-refractivity contribution is -0.138. The summed E-state index contributed by atoms with van der Waals surface area (Å²) in [5, 5.41) is 11.7. The van der Waals surface area contributed by atoms with Crippen LogP contribution in [0.3, 0.4) is 0 Å². The van der Waals surface area contributed by atoms with E-state index < -0.39 is 17.6 Å². The summed E-state index contributed by atoms with van der Waals surface area (Å²) in [4.78, 5) is 37.0. The molecule has 1 aromatic carbocycles. The van der Waals surface area contributed by atoms with Crippen molar-refractivity contribution in [1.82, 2.24) is 4.90 Å². The van der Waals surface area contributed by atoms with E-state index in [0.29, 0.717) is 31.6 Å². The Kier molecular flexibility index (Phi) is 7.01. The highest BCUT2D eigenvalue weighted by Crippen LogP contribution is 2.21. The van der Waals surface area contributed by atoms with Gasteiger partial charge in [-0.15, -0.1) is 0 Å². The zero-order valence-corrected chi connectivity index (χ0v) is 16.6. The van der Waals surface area contributed by atoms with E-state index in [4.69, 9.17) is 15.6 Å². The molecule has 4 N–H and O–H groups in total. The molecule has 0 unspecified atom stereocenters. The van der Waals surface area contributed by atoms with E-state index >= 15 is 0 Å². The van der Waals surface area contributed by atoms with Crippen LogP contribution < -0.4 is 11.1 Å². The SMILES string of the molecule is CC(C)(C)OC(=O)N1CCC(C(=O)Nc2ccc(C[C@H](N)C(=O)O)cc2)CC1. The maximum absolute atomic E-state index is 12.5. The number of likely N-dealkylation sites (tertiary alicyclic amines) is 1. The van der Waals surface area contributed by atoms with Crippen LogP contribution in [-0.4, -0.2) is 52.7 Å². The van der Waals surface area contributed by atoms with E-state index in [1.54, 1.807) is 29.2 Å². The van der Waals surface area contributed by atoms with Gasteiger partial charge < -0.3 is 25.8 Å². The third-order valence-corrected chi connectivity index (χ3v) is 4.51. The number of carbonyl (C=O) groups is 3. The van der Waals surface area contributed by atoms with Crippen molar-refractivity contribution < 1.29 is 24.2 Å². The fourth-order valence-electron chi connectivity index (χ4n) is 2.96. The third-order valence-electron chi connectivity index (χ3n) is 4.51. The number of carboxylic acids is 1. The Morgan fingerprint density at radius 2 is 1.79 bits per heavy atom. The standard InChI is InChI=1S/C20H29N3O5/c1-20(2,3)28-19(27)23-10-8-14(9-11-23)17(24)22-15-6-4-13(5-7-15)12-16(21)18(25)26/h4-7,14,16H,8-12,21H2,1-3H3,(H,22,24)(H,25,26)/t16-/m0/s1. The molecule has 2 amide bonds. The highest BCUT2D eigenvalue weighted by molar-refractivity contribution is 5.92. The van der Waals surface area contributed by atoms with Crippen LogP contribution in [0.4, 0.5) is 10.5 Å². The van der Waals surface area contributed by atoms with Gasteiger partial charge in [-0.25, -0.2) is 4.79 Å². The highest BCUT2D eigenvalue weighted by Gasteiger charge is 2.29. The summed E-state index contributed by atoms with van der Waals surface area (Å²) in [6.45, 7) is 6.45. The second-order valence-corrected chi connectivity index (χ2v) is 8.08. The monoisotopic (exact) mass is 391 g/mol. The first-order valence-corrected chi connectivity index (χ1v) is 9.41. The second kappa shape index (κ2) is 9.05. The number of anilines is 1. The molecule has 0 aliphatic carbocycles. The quantitative estimate of drug-likeness (QED) is 0.707. The number of benzene rings is 1. The number of piperidine rings is 1. The molecule has 8 heteroatoms. The molecule has 28 heavy (non-hydrogen) atoms. The maximum Gasteiger partial charge on any atom is 0.410 e. The lowest BCUT2D eigenvalue weighted by atomic mass is 9.96. The molecule has 0 spiro atoms. The molecule has 1 fully saturated rings. The Balaban J connectivity index is 1.82. The number of amides is 2. The Labute approximate surface area is 165 Å². The average Bonchev–Trinajstić information content (AvgIpc) is 2.62. The number of ether oxygens (including phenoxy) is 1. The predicted octanol–water partition coefficient (Wildman–Crippen LogP) is 2.23. The predicted molar refractivity (Wildman–Crippen MR) is 105 cm³/mol. The van der Waals surface area contributed by atoms with Crippen molar-refractivity contribution in [3.05, 3.63) is 29.8 Å². The van der Waals surface area contributed by atoms with Gasteiger partial charge in [-0.2, -0.15) is 0 Å². The number of nitrogens with one attached hydrogen (secondary N) is 1. The van der Waals surface area contributed by atoms with E-state index in [1.165, 1.54) is 0 Å². The number of nitrogens with two attached hydrogens (primary N) is 1. The van der Waals surface area contributed by atoms with Crippen molar-refractivity contribution in [2.45, 2.75) is 51.7 Å². The number of aliphatic carboxylic acids is 1. The van der Waals surface area contributed by atoms with Gasteiger partial charge in [0.05, 0.1) is 0 Å². The van der Waals surface area contributed by atoms with Gasteiger partial charge in [-0.3, -0.25) is 9.59 Å². The van der Waals surface area contributed by atoms with Gasteiger partial charge in [-0.05, 0) is 57.7 Å². The topological polar surface area (TPSA) is 122 Å². The van der Waals surface area contributed by atoms with E-state index in [9.17, 15) is 14.4 Å². The molecule has 1 atom stereocenters. The molecule has 0 saturated carbocycles. The number of nitrogens with zero attached hydrogens (tertiary/aromatic N) is 1. The molecule has 2 rings (SSSR count). The summed E-state index contributed by atoms with van der Waals surface area (Å²) >= 11 is 0. The molecule has 1 aliphatic rings.